The summed E-state index contributed by atoms with van der Waals surface area (Å²) in [6, 6.07) is 17.6. The largest absolute Gasteiger partial charge is 0.493 e. The van der Waals surface area contributed by atoms with Crippen LogP contribution in [0.25, 0.3) is 22.2 Å². The lowest BCUT2D eigenvalue weighted by molar-refractivity contribution is -0.116. The third-order valence-corrected chi connectivity index (χ3v) is 6.90. The summed E-state index contributed by atoms with van der Waals surface area (Å²) in [7, 11) is 4.74. The van der Waals surface area contributed by atoms with Crippen LogP contribution in [0.2, 0.25) is 0 Å². The number of fused-ring (bicyclic) bond motifs is 2. The van der Waals surface area contributed by atoms with Crippen molar-refractivity contribution in [1.29, 1.82) is 0 Å². The van der Waals surface area contributed by atoms with Gasteiger partial charge in [0.05, 0.1) is 21.3 Å². The third kappa shape index (κ3) is 3.40. The second-order valence-electron chi connectivity index (χ2n) is 8.89. The van der Waals surface area contributed by atoms with E-state index in [9.17, 15) is 4.79 Å². The van der Waals surface area contributed by atoms with Gasteiger partial charge in [0.25, 0.3) is 0 Å². The SMILES string of the molecule is COc1cc(C2C3=C(CCCC3=O)Nc3nc(-c4cccc5ccccc45)nn32)cc(OC)c1OC. The number of ketones is 1. The van der Waals surface area contributed by atoms with Crippen LogP contribution in [0.1, 0.15) is 30.9 Å². The molecule has 1 aliphatic carbocycles. The molecule has 36 heavy (non-hydrogen) atoms. The highest BCUT2D eigenvalue weighted by atomic mass is 16.5. The number of Topliss-reactive ketones (excluding diaryl/α,β-unsaturated/α-hetero) is 1. The number of hydrogen-bond donors (Lipinski definition) is 1. The number of carbonyl (C=O) groups excluding carboxylic acids is 1. The first kappa shape index (κ1) is 22.2. The molecule has 8 heteroatoms. The van der Waals surface area contributed by atoms with Crippen molar-refractivity contribution in [2.75, 3.05) is 26.6 Å². The molecule has 0 amide bonds. The van der Waals surface area contributed by atoms with Crippen LogP contribution in [0.4, 0.5) is 5.95 Å². The molecular weight excluding hydrogens is 456 g/mol. The zero-order valence-corrected chi connectivity index (χ0v) is 20.4. The fourth-order valence-corrected chi connectivity index (χ4v) is 5.26. The highest BCUT2D eigenvalue weighted by Crippen LogP contribution is 2.46. The van der Waals surface area contributed by atoms with Gasteiger partial charge in [0.2, 0.25) is 11.7 Å². The maximum Gasteiger partial charge on any atom is 0.226 e. The summed E-state index contributed by atoms with van der Waals surface area (Å²) < 4.78 is 18.6. The summed E-state index contributed by atoms with van der Waals surface area (Å²) in [5.74, 6) is 2.84. The quantitative estimate of drug-likeness (QED) is 0.421. The molecule has 2 aliphatic rings. The van der Waals surface area contributed by atoms with Gasteiger partial charge in [-0.1, -0.05) is 42.5 Å². The second kappa shape index (κ2) is 8.71. The monoisotopic (exact) mass is 482 g/mol. The average molecular weight is 483 g/mol. The van der Waals surface area contributed by atoms with Gasteiger partial charge in [-0.3, -0.25) is 4.79 Å². The van der Waals surface area contributed by atoms with E-state index in [4.69, 9.17) is 24.3 Å². The first-order valence-corrected chi connectivity index (χ1v) is 11.9. The lowest BCUT2D eigenvalue weighted by Gasteiger charge is -2.32. The van der Waals surface area contributed by atoms with Crippen molar-refractivity contribution in [2.45, 2.75) is 25.3 Å². The summed E-state index contributed by atoms with van der Waals surface area (Å²) in [4.78, 5) is 18.1. The van der Waals surface area contributed by atoms with E-state index in [0.29, 0.717) is 41.0 Å². The molecule has 0 bridgehead atoms. The normalized spacial score (nSPS) is 16.9. The predicted molar refractivity (Wildman–Crippen MR) is 137 cm³/mol. The van der Waals surface area contributed by atoms with Crippen molar-refractivity contribution < 1.29 is 19.0 Å². The van der Waals surface area contributed by atoms with Crippen LogP contribution in [-0.2, 0) is 4.79 Å². The van der Waals surface area contributed by atoms with Gasteiger partial charge in [-0.05, 0) is 41.3 Å². The standard InChI is InChI=1S/C28H26N4O4/c1-34-22-14-17(15-23(35-2)26(22)36-3)25-24-20(12-7-13-21(24)33)29-28-30-27(31-32(25)28)19-11-6-9-16-8-4-5-10-18(16)19/h4-6,8-11,14-15,25H,7,12-13H2,1-3H3,(H,29,30,31). The van der Waals surface area contributed by atoms with E-state index in [-0.39, 0.29) is 5.78 Å². The van der Waals surface area contributed by atoms with E-state index in [1.54, 1.807) is 26.0 Å². The Bertz CT molecular complexity index is 1510. The van der Waals surface area contributed by atoms with E-state index in [1.165, 1.54) is 0 Å². The maximum atomic E-state index is 13.3. The lowest BCUT2D eigenvalue weighted by atomic mass is 9.85. The average Bonchev–Trinajstić information content (AvgIpc) is 3.34. The highest BCUT2D eigenvalue weighted by molar-refractivity contribution is 6.00. The van der Waals surface area contributed by atoms with Crippen LogP contribution < -0.4 is 19.5 Å². The first-order valence-electron chi connectivity index (χ1n) is 11.9. The minimum Gasteiger partial charge on any atom is -0.493 e. The Kier molecular flexibility index (Phi) is 5.36. The summed E-state index contributed by atoms with van der Waals surface area (Å²) in [5.41, 5.74) is 3.35. The lowest BCUT2D eigenvalue weighted by Crippen LogP contribution is -2.31. The Balaban J connectivity index is 1.57. The van der Waals surface area contributed by atoms with Crippen LogP contribution in [0, 0.1) is 0 Å². The van der Waals surface area contributed by atoms with Crippen LogP contribution in [-0.4, -0.2) is 41.9 Å². The van der Waals surface area contributed by atoms with Gasteiger partial charge < -0.3 is 19.5 Å². The molecule has 182 valence electrons. The zero-order valence-electron chi connectivity index (χ0n) is 20.4. The molecule has 1 atom stereocenters. The van der Waals surface area contributed by atoms with Gasteiger partial charge in [-0.25, -0.2) is 4.68 Å². The maximum absolute atomic E-state index is 13.3. The van der Waals surface area contributed by atoms with Gasteiger partial charge in [0, 0.05) is 23.3 Å². The van der Waals surface area contributed by atoms with Crippen LogP contribution in [0.3, 0.4) is 0 Å². The van der Waals surface area contributed by atoms with Gasteiger partial charge in [0.15, 0.2) is 23.1 Å². The Hall–Kier alpha value is -4.33. The van der Waals surface area contributed by atoms with E-state index >= 15 is 0 Å². The van der Waals surface area contributed by atoms with Crippen LogP contribution in [0.15, 0.2) is 65.9 Å². The van der Waals surface area contributed by atoms with Crippen LogP contribution in [0.5, 0.6) is 17.2 Å². The molecule has 1 N–H and O–H groups in total. The Morgan fingerprint density at radius 1 is 0.944 bits per heavy atom. The fraction of sp³-hybridized carbons (Fsp3) is 0.250. The van der Waals surface area contributed by atoms with Crippen molar-refractivity contribution in [3.05, 3.63) is 71.4 Å². The summed E-state index contributed by atoms with van der Waals surface area (Å²) >= 11 is 0. The summed E-state index contributed by atoms with van der Waals surface area (Å²) in [6.45, 7) is 0. The number of carbonyl (C=O) groups is 1. The topological polar surface area (TPSA) is 87.5 Å². The fourth-order valence-electron chi connectivity index (χ4n) is 5.26. The Morgan fingerprint density at radius 2 is 1.69 bits per heavy atom. The van der Waals surface area contributed by atoms with E-state index in [1.807, 2.05) is 36.4 Å². The number of rotatable bonds is 5. The molecule has 0 radical (unpaired) electrons. The van der Waals surface area contributed by atoms with Crippen molar-refractivity contribution in [1.82, 2.24) is 14.8 Å². The number of anilines is 1. The minimum absolute atomic E-state index is 0.107. The number of nitrogens with zero attached hydrogens (tertiary/aromatic N) is 3. The smallest absolute Gasteiger partial charge is 0.226 e. The van der Waals surface area contributed by atoms with Crippen molar-refractivity contribution in [3.8, 4) is 28.6 Å². The van der Waals surface area contributed by atoms with E-state index in [0.717, 1.165) is 40.4 Å². The molecule has 1 unspecified atom stereocenters. The van der Waals surface area contributed by atoms with E-state index < -0.39 is 6.04 Å². The molecule has 8 nitrogen and oxygen atoms in total. The highest BCUT2D eigenvalue weighted by Gasteiger charge is 2.38. The molecule has 4 aromatic rings. The zero-order chi connectivity index (χ0) is 24.8. The Morgan fingerprint density at radius 3 is 2.44 bits per heavy atom. The summed E-state index contributed by atoms with van der Waals surface area (Å²) in [5, 5.41) is 10.5. The molecule has 0 fully saturated rings. The van der Waals surface area contributed by atoms with Gasteiger partial charge in [-0.2, -0.15) is 4.98 Å². The molecular formula is C28H26N4O4. The molecule has 0 saturated heterocycles. The van der Waals surface area contributed by atoms with Crippen LogP contribution >= 0.6 is 0 Å². The Labute approximate surface area is 208 Å². The molecule has 0 spiro atoms. The van der Waals surface area contributed by atoms with Gasteiger partial charge in [-0.15, -0.1) is 5.10 Å². The van der Waals surface area contributed by atoms with Gasteiger partial charge in [0.1, 0.15) is 6.04 Å². The molecule has 2 heterocycles. The number of aromatic nitrogens is 3. The van der Waals surface area contributed by atoms with Crippen molar-refractivity contribution in [3.63, 3.8) is 0 Å². The molecule has 6 rings (SSSR count). The third-order valence-electron chi connectivity index (χ3n) is 6.90. The minimum atomic E-state index is -0.478. The number of methoxy groups -OCH3 is 3. The number of benzene rings is 3. The number of nitrogens with one attached hydrogen (secondary N) is 1. The first-order chi connectivity index (χ1) is 17.6. The van der Waals surface area contributed by atoms with Gasteiger partial charge >= 0.3 is 0 Å². The summed E-state index contributed by atoms with van der Waals surface area (Å²) in [6.07, 6.45) is 2.08. The van der Waals surface area contributed by atoms with Crippen molar-refractivity contribution >= 4 is 22.5 Å². The molecule has 3 aromatic carbocycles. The van der Waals surface area contributed by atoms with E-state index in [2.05, 4.69) is 23.5 Å². The predicted octanol–water partition coefficient (Wildman–Crippen LogP) is 5.15. The second-order valence-corrected chi connectivity index (χ2v) is 8.89. The number of allylic oxidation sites excluding steroid dienone is 2. The number of hydrogen-bond acceptors (Lipinski definition) is 7. The molecule has 1 aromatic heterocycles. The van der Waals surface area contributed by atoms with Crippen molar-refractivity contribution in [2.24, 2.45) is 0 Å². The molecule has 0 saturated carbocycles. The molecule has 1 aliphatic heterocycles. The number of ether oxygens (including phenoxy) is 3.